The molecule has 17 heavy (non-hydrogen) atoms. The summed E-state index contributed by atoms with van der Waals surface area (Å²) in [4.78, 5) is 2.41. The minimum absolute atomic E-state index is 0.0789. The topological polar surface area (TPSA) is 29.3 Å². The van der Waals surface area contributed by atoms with Gasteiger partial charge in [-0.15, -0.1) is 0 Å². The predicted octanol–water partition coefficient (Wildman–Crippen LogP) is 3.85. The molecule has 1 aliphatic carbocycles. The Morgan fingerprint density at radius 1 is 1.35 bits per heavy atom. The lowest BCUT2D eigenvalue weighted by atomic mass is 10.1. The monoisotopic (exact) mass is 296 g/mol. The van der Waals surface area contributed by atoms with Gasteiger partial charge in [-0.1, -0.05) is 34.8 Å². The van der Waals surface area contributed by atoms with Gasteiger partial charge >= 0.3 is 0 Å². The molecule has 0 radical (unpaired) electrons. The molecule has 0 spiro atoms. The molecule has 3 heteroatoms. The summed E-state index contributed by atoms with van der Waals surface area (Å²) in [5, 5.41) is 0. The summed E-state index contributed by atoms with van der Waals surface area (Å²) in [6.45, 7) is 2.01. The summed E-state index contributed by atoms with van der Waals surface area (Å²) >= 11 is 3.62. The maximum absolute atomic E-state index is 5.92. The minimum Gasteiger partial charge on any atom is -0.372 e. The highest BCUT2D eigenvalue weighted by Crippen LogP contribution is 2.31. The van der Waals surface area contributed by atoms with Crippen molar-refractivity contribution in [2.45, 2.75) is 44.7 Å². The molecule has 0 bridgehead atoms. The largest absolute Gasteiger partial charge is 0.372 e. The van der Waals surface area contributed by atoms with Gasteiger partial charge in [0.15, 0.2) is 0 Å². The first-order valence-electron chi connectivity index (χ1n) is 6.37. The summed E-state index contributed by atoms with van der Waals surface area (Å²) in [7, 11) is 2.20. The van der Waals surface area contributed by atoms with Crippen LogP contribution in [0.4, 0.5) is 5.69 Å². The smallest absolute Gasteiger partial charge is 0.0377 e. The van der Waals surface area contributed by atoms with Gasteiger partial charge in [0.1, 0.15) is 0 Å². The molecular formula is C14H21BrN2. The second-order valence-corrected chi connectivity index (χ2v) is 5.90. The zero-order valence-corrected chi connectivity index (χ0v) is 12.2. The zero-order chi connectivity index (χ0) is 12.4. The molecule has 2 nitrogen and oxygen atoms in total. The van der Waals surface area contributed by atoms with Crippen LogP contribution in [-0.4, -0.2) is 13.1 Å². The first-order chi connectivity index (χ1) is 8.09. The van der Waals surface area contributed by atoms with Crippen LogP contribution in [0.1, 0.15) is 44.2 Å². The number of nitrogens with two attached hydrogens (primary N) is 1. The van der Waals surface area contributed by atoms with Crippen molar-refractivity contribution in [3.05, 3.63) is 28.2 Å². The van der Waals surface area contributed by atoms with Crippen LogP contribution in [0.15, 0.2) is 22.7 Å². The number of rotatable bonds is 3. The van der Waals surface area contributed by atoms with Gasteiger partial charge in [0.05, 0.1) is 0 Å². The molecule has 0 amide bonds. The highest BCUT2D eigenvalue weighted by molar-refractivity contribution is 9.10. The summed E-state index contributed by atoms with van der Waals surface area (Å²) in [5.41, 5.74) is 8.38. The van der Waals surface area contributed by atoms with Gasteiger partial charge in [-0.2, -0.15) is 0 Å². The first-order valence-corrected chi connectivity index (χ1v) is 7.16. The normalized spacial score (nSPS) is 18.4. The van der Waals surface area contributed by atoms with E-state index in [2.05, 4.69) is 46.1 Å². The first kappa shape index (κ1) is 12.9. The fourth-order valence-corrected chi connectivity index (χ4v) is 3.33. The van der Waals surface area contributed by atoms with Gasteiger partial charge in [0.2, 0.25) is 0 Å². The molecule has 1 fully saturated rings. The lowest BCUT2D eigenvalue weighted by Gasteiger charge is -2.27. The van der Waals surface area contributed by atoms with Gasteiger partial charge in [-0.05, 0) is 37.5 Å². The Kier molecular flexibility index (Phi) is 4.10. The third-order valence-electron chi connectivity index (χ3n) is 3.75. The van der Waals surface area contributed by atoms with Crippen molar-refractivity contribution < 1.29 is 0 Å². The van der Waals surface area contributed by atoms with E-state index >= 15 is 0 Å². The Hall–Kier alpha value is -0.540. The SMILES string of the molecule is CC(N)c1ccc(N(C)C2CCCC2)cc1Br. The van der Waals surface area contributed by atoms with E-state index in [-0.39, 0.29) is 6.04 Å². The third-order valence-corrected chi connectivity index (χ3v) is 4.44. The molecule has 0 aromatic heterocycles. The summed E-state index contributed by atoms with van der Waals surface area (Å²) in [6, 6.07) is 7.30. The Morgan fingerprint density at radius 3 is 2.53 bits per heavy atom. The molecule has 1 aliphatic rings. The second kappa shape index (κ2) is 5.40. The maximum Gasteiger partial charge on any atom is 0.0377 e. The van der Waals surface area contributed by atoms with Crippen molar-refractivity contribution in [1.29, 1.82) is 0 Å². The highest BCUT2D eigenvalue weighted by atomic mass is 79.9. The van der Waals surface area contributed by atoms with Gasteiger partial charge < -0.3 is 10.6 Å². The molecule has 0 saturated heterocycles. The standard InChI is InChI=1S/C14H21BrN2/c1-10(16)13-8-7-12(9-14(13)15)17(2)11-5-3-4-6-11/h7-11H,3-6,16H2,1-2H3. The molecule has 1 saturated carbocycles. The van der Waals surface area contributed by atoms with Crippen LogP contribution >= 0.6 is 15.9 Å². The number of halogens is 1. The average Bonchev–Trinajstić information content (AvgIpc) is 2.80. The number of hydrogen-bond donors (Lipinski definition) is 1. The lowest BCUT2D eigenvalue weighted by Crippen LogP contribution is -2.28. The van der Waals surface area contributed by atoms with Crippen LogP contribution in [0.25, 0.3) is 0 Å². The molecule has 1 unspecified atom stereocenters. The fourth-order valence-electron chi connectivity index (χ4n) is 2.61. The predicted molar refractivity (Wildman–Crippen MR) is 77.4 cm³/mol. The number of anilines is 1. The summed E-state index contributed by atoms with van der Waals surface area (Å²) < 4.78 is 1.12. The van der Waals surface area contributed by atoms with E-state index in [1.807, 2.05) is 6.92 Å². The Bertz CT molecular complexity index is 384. The Balaban J connectivity index is 2.18. The van der Waals surface area contributed by atoms with E-state index in [1.165, 1.54) is 36.9 Å². The number of hydrogen-bond acceptors (Lipinski definition) is 2. The van der Waals surface area contributed by atoms with Crippen molar-refractivity contribution in [3.63, 3.8) is 0 Å². The van der Waals surface area contributed by atoms with E-state index in [1.54, 1.807) is 0 Å². The average molecular weight is 297 g/mol. The van der Waals surface area contributed by atoms with Crippen LogP contribution in [0.5, 0.6) is 0 Å². The molecule has 2 N–H and O–H groups in total. The van der Waals surface area contributed by atoms with Crippen molar-refractivity contribution >= 4 is 21.6 Å². The van der Waals surface area contributed by atoms with Crippen molar-refractivity contribution in [1.82, 2.24) is 0 Å². The van der Waals surface area contributed by atoms with Crippen LogP contribution in [-0.2, 0) is 0 Å². The minimum atomic E-state index is 0.0789. The molecule has 0 aliphatic heterocycles. The Labute approximate surface area is 112 Å². The maximum atomic E-state index is 5.92. The van der Waals surface area contributed by atoms with E-state index in [9.17, 15) is 0 Å². The number of benzene rings is 1. The van der Waals surface area contributed by atoms with Crippen molar-refractivity contribution in [2.75, 3.05) is 11.9 Å². The van der Waals surface area contributed by atoms with Gasteiger partial charge in [-0.25, -0.2) is 0 Å². The fraction of sp³-hybridized carbons (Fsp3) is 0.571. The summed E-state index contributed by atoms with van der Waals surface area (Å²) in [6.07, 6.45) is 5.38. The van der Waals surface area contributed by atoms with Crippen LogP contribution < -0.4 is 10.6 Å². The second-order valence-electron chi connectivity index (χ2n) is 5.04. The molecule has 2 rings (SSSR count). The van der Waals surface area contributed by atoms with E-state index in [0.717, 1.165) is 4.47 Å². The van der Waals surface area contributed by atoms with Crippen molar-refractivity contribution in [3.8, 4) is 0 Å². The van der Waals surface area contributed by atoms with Crippen molar-refractivity contribution in [2.24, 2.45) is 5.73 Å². The van der Waals surface area contributed by atoms with E-state index in [0.29, 0.717) is 6.04 Å². The van der Waals surface area contributed by atoms with Gasteiger partial charge in [0.25, 0.3) is 0 Å². The molecule has 1 aromatic rings. The van der Waals surface area contributed by atoms with Crippen LogP contribution in [0.2, 0.25) is 0 Å². The molecular weight excluding hydrogens is 276 g/mol. The third kappa shape index (κ3) is 2.83. The molecule has 0 heterocycles. The van der Waals surface area contributed by atoms with Gasteiger partial charge in [0, 0.05) is 29.3 Å². The Morgan fingerprint density at radius 2 is 2.00 bits per heavy atom. The van der Waals surface area contributed by atoms with E-state index < -0.39 is 0 Å². The number of nitrogens with zero attached hydrogens (tertiary/aromatic N) is 1. The summed E-state index contributed by atoms with van der Waals surface area (Å²) in [5.74, 6) is 0. The molecule has 94 valence electrons. The highest BCUT2D eigenvalue weighted by Gasteiger charge is 2.20. The molecule has 1 atom stereocenters. The molecule has 1 aromatic carbocycles. The lowest BCUT2D eigenvalue weighted by molar-refractivity contribution is 0.653. The van der Waals surface area contributed by atoms with Gasteiger partial charge in [-0.3, -0.25) is 0 Å². The quantitative estimate of drug-likeness (QED) is 0.918. The zero-order valence-electron chi connectivity index (χ0n) is 10.6. The van der Waals surface area contributed by atoms with Crippen LogP contribution in [0.3, 0.4) is 0 Å². The van der Waals surface area contributed by atoms with Crippen LogP contribution in [0, 0.1) is 0 Å². The van der Waals surface area contributed by atoms with E-state index in [4.69, 9.17) is 5.73 Å².